The van der Waals surface area contributed by atoms with E-state index in [4.69, 9.17) is 9.47 Å². The van der Waals surface area contributed by atoms with Crippen molar-refractivity contribution < 1.29 is 33.7 Å². The molecular formula is C22H22N4O7. The molecule has 0 radical (unpaired) electrons. The van der Waals surface area contributed by atoms with Gasteiger partial charge in [0.15, 0.2) is 17.2 Å². The minimum Gasteiger partial charge on any atom is -0.493 e. The molecule has 11 nitrogen and oxygen atoms in total. The van der Waals surface area contributed by atoms with Gasteiger partial charge in [-0.05, 0) is 24.3 Å². The first-order valence-corrected chi connectivity index (χ1v) is 9.71. The minimum atomic E-state index is -0.743. The van der Waals surface area contributed by atoms with E-state index in [0.29, 0.717) is 22.4 Å². The van der Waals surface area contributed by atoms with Crippen LogP contribution in [0.5, 0.6) is 17.4 Å². The highest BCUT2D eigenvalue weighted by atomic mass is 16.5. The summed E-state index contributed by atoms with van der Waals surface area (Å²) in [7, 11) is 4.16. The zero-order chi connectivity index (χ0) is 24.0. The average molecular weight is 454 g/mol. The van der Waals surface area contributed by atoms with Crippen molar-refractivity contribution in [2.75, 3.05) is 27.9 Å². The summed E-state index contributed by atoms with van der Waals surface area (Å²) in [6, 6.07) is 11.4. The molecular weight excluding hydrogens is 432 g/mol. The van der Waals surface area contributed by atoms with Gasteiger partial charge in [-0.1, -0.05) is 18.2 Å². The Morgan fingerprint density at radius 2 is 1.76 bits per heavy atom. The molecule has 0 aliphatic heterocycles. The Balaban J connectivity index is 1.73. The number of carbonyl (C=O) groups is 3. The van der Waals surface area contributed by atoms with E-state index in [2.05, 4.69) is 20.3 Å². The second kappa shape index (κ2) is 10.3. The third kappa shape index (κ3) is 5.09. The number of nitrogens with one attached hydrogen (secondary N) is 1. The van der Waals surface area contributed by atoms with Crippen molar-refractivity contribution in [2.45, 2.75) is 6.54 Å². The molecule has 0 bridgehead atoms. The molecule has 1 heterocycles. The fourth-order valence-electron chi connectivity index (χ4n) is 3.10. The smallest absolute Gasteiger partial charge is 0.325 e. The highest BCUT2D eigenvalue weighted by Gasteiger charge is 2.19. The predicted molar refractivity (Wildman–Crippen MR) is 117 cm³/mol. The fourth-order valence-corrected chi connectivity index (χ4v) is 3.10. The first-order valence-electron chi connectivity index (χ1n) is 9.71. The number of hydrogen-bond donors (Lipinski definition) is 2. The highest BCUT2D eigenvalue weighted by molar-refractivity contribution is 5.98. The number of ether oxygens (including phenoxy) is 3. The molecule has 172 valence electrons. The van der Waals surface area contributed by atoms with Crippen LogP contribution in [0, 0.1) is 0 Å². The molecule has 2 aromatic carbocycles. The Bertz CT molecular complexity index is 1230. The van der Waals surface area contributed by atoms with Crippen LogP contribution in [0.1, 0.15) is 10.4 Å². The van der Waals surface area contributed by atoms with E-state index >= 15 is 0 Å². The summed E-state index contributed by atoms with van der Waals surface area (Å²) in [5.41, 5.74) is 0.804. The Morgan fingerprint density at radius 3 is 2.45 bits per heavy atom. The maximum atomic E-state index is 12.3. The van der Waals surface area contributed by atoms with Crippen LogP contribution < -0.4 is 14.8 Å². The first-order chi connectivity index (χ1) is 15.9. The van der Waals surface area contributed by atoms with Crippen LogP contribution in [0.25, 0.3) is 10.9 Å². The zero-order valence-corrected chi connectivity index (χ0v) is 18.2. The van der Waals surface area contributed by atoms with Gasteiger partial charge in [0.05, 0.1) is 26.8 Å². The number of para-hydroxylation sites is 1. The fraction of sp³-hybridized carbons (Fsp3) is 0.227. The summed E-state index contributed by atoms with van der Waals surface area (Å²) in [6.45, 7) is -0.661. The van der Waals surface area contributed by atoms with E-state index in [9.17, 15) is 19.5 Å². The molecule has 1 aromatic heterocycles. The molecule has 0 unspecified atom stereocenters. The number of methoxy groups -OCH3 is 3. The van der Waals surface area contributed by atoms with Gasteiger partial charge < -0.3 is 24.6 Å². The largest absolute Gasteiger partial charge is 0.493 e. The lowest BCUT2D eigenvalue weighted by Crippen LogP contribution is -2.28. The minimum absolute atomic E-state index is 0.0223. The second-order valence-corrected chi connectivity index (χ2v) is 6.70. The summed E-state index contributed by atoms with van der Waals surface area (Å²) < 4.78 is 16.2. The van der Waals surface area contributed by atoms with Gasteiger partial charge in [0.25, 0.3) is 11.8 Å². The van der Waals surface area contributed by atoms with Crippen molar-refractivity contribution in [3.63, 3.8) is 0 Å². The summed E-state index contributed by atoms with van der Waals surface area (Å²) in [5.74, 6) is -1.33. The van der Waals surface area contributed by atoms with E-state index < -0.39 is 24.3 Å². The van der Waals surface area contributed by atoms with Crippen molar-refractivity contribution in [2.24, 2.45) is 10.2 Å². The topological polar surface area (TPSA) is 141 Å². The normalized spacial score (nSPS) is 10.9. The number of aromatic hydroxyl groups is 1. The standard InChI is InChI=1S/C22H22N4O7/c1-31-16-9-8-13(10-17(16)32-2)21(29)23-11-18(27)24-25-20-14-6-4-5-7-15(14)26(22(20)30)12-19(28)33-3/h4-10,30H,11-12H2,1-3H3,(H,23,29). The third-order valence-corrected chi connectivity index (χ3v) is 4.74. The second-order valence-electron chi connectivity index (χ2n) is 6.70. The number of benzene rings is 2. The third-order valence-electron chi connectivity index (χ3n) is 4.74. The lowest BCUT2D eigenvalue weighted by molar-refractivity contribution is -0.141. The van der Waals surface area contributed by atoms with Crippen molar-refractivity contribution in [3.05, 3.63) is 48.0 Å². The van der Waals surface area contributed by atoms with Crippen LogP contribution >= 0.6 is 0 Å². The quantitative estimate of drug-likeness (QED) is 0.394. The van der Waals surface area contributed by atoms with Gasteiger partial charge in [-0.25, -0.2) is 0 Å². The molecule has 0 atom stereocenters. The van der Waals surface area contributed by atoms with Crippen LogP contribution in [0.15, 0.2) is 52.7 Å². The summed E-state index contributed by atoms with van der Waals surface area (Å²) in [5, 5.41) is 20.9. The van der Waals surface area contributed by atoms with Crippen molar-refractivity contribution >= 4 is 34.4 Å². The van der Waals surface area contributed by atoms with Crippen LogP contribution in [0.4, 0.5) is 5.69 Å². The Labute approximate surface area is 188 Å². The number of aromatic nitrogens is 1. The van der Waals surface area contributed by atoms with E-state index in [0.717, 1.165) is 0 Å². The van der Waals surface area contributed by atoms with E-state index in [-0.39, 0.29) is 23.7 Å². The number of azo groups is 1. The van der Waals surface area contributed by atoms with Gasteiger partial charge in [0, 0.05) is 10.9 Å². The van der Waals surface area contributed by atoms with Gasteiger partial charge in [0.1, 0.15) is 13.1 Å². The van der Waals surface area contributed by atoms with Crippen molar-refractivity contribution in [1.82, 2.24) is 9.88 Å². The van der Waals surface area contributed by atoms with Gasteiger partial charge in [-0.2, -0.15) is 0 Å². The molecule has 33 heavy (non-hydrogen) atoms. The van der Waals surface area contributed by atoms with E-state index in [1.165, 1.54) is 38.0 Å². The lowest BCUT2D eigenvalue weighted by Gasteiger charge is -2.09. The molecule has 0 spiro atoms. The number of nitrogens with zero attached hydrogens (tertiary/aromatic N) is 3. The lowest BCUT2D eigenvalue weighted by atomic mass is 10.2. The Kier molecular flexibility index (Phi) is 7.24. The number of amides is 2. The van der Waals surface area contributed by atoms with Crippen molar-refractivity contribution in [1.29, 1.82) is 0 Å². The van der Waals surface area contributed by atoms with Crippen LogP contribution in [0.2, 0.25) is 0 Å². The maximum absolute atomic E-state index is 12.3. The van der Waals surface area contributed by atoms with Gasteiger partial charge in [-0.15, -0.1) is 10.2 Å². The van der Waals surface area contributed by atoms with Crippen LogP contribution in [-0.2, 0) is 20.9 Å². The highest BCUT2D eigenvalue weighted by Crippen LogP contribution is 2.38. The number of fused-ring (bicyclic) bond motifs is 1. The van der Waals surface area contributed by atoms with Crippen molar-refractivity contribution in [3.8, 4) is 17.4 Å². The monoisotopic (exact) mass is 454 g/mol. The maximum Gasteiger partial charge on any atom is 0.325 e. The predicted octanol–water partition coefficient (Wildman–Crippen LogP) is 2.58. The van der Waals surface area contributed by atoms with Gasteiger partial charge in [0.2, 0.25) is 5.88 Å². The first kappa shape index (κ1) is 23.3. The Morgan fingerprint density at radius 1 is 1.03 bits per heavy atom. The molecule has 0 saturated heterocycles. The van der Waals surface area contributed by atoms with E-state index in [1.807, 2.05) is 0 Å². The van der Waals surface area contributed by atoms with Crippen LogP contribution in [-0.4, -0.2) is 55.3 Å². The summed E-state index contributed by atoms with van der Waals surface area (Å²) in [6.07, 6.45) is 0. The number of hydrogen-bond acceptors (Lipinski definition) is 8. The van der Waals surface area contributed by atoms with Crippen LogP contribution in [0.3, 0.4) is 0 Å². The molecule has 2 N–H and O–H groups in total. The molecule has 11 heteroatoms. The van der Waals surface area contributed by atoms with Gasteiger partial charge >= 0.3 is 5.97 Å². The molecule has 0 fully saturated rings. The Hall–Kier alpha value is -4.41. The number of rotatable bonds is 8. The molecule has 0 saturated carbocycles. The SMILES string of the molecule is COC(=O)Cn1c(O)c(N=NC(=O)CNC(=O)c2ccc(OC)c(OC)c2)c2ccccc21. The zero-order valence-electron chi connectivity index (χ0n) is 18.2. The summed E-state index contributed by atoms with van der Waals surface area (Å²) >= 11 is 0. The number of esters is 1. The average Bonchev–Trinajstić information content (AvgIpc) is 3.10. The molecule has 0 aliphatic carbocycles. The van der Waals surface area contributed by atoms with E-state index in [1.54, 1.807) is 30.3 Å². The molecule has 0 aliphatic rings. The molecule has 3 aromatic rings. The number of carbonyl (C=O) groups excluding carboxylic acids is 3. The summed E-state index contributed by atoms with van der Waals surface area (Å²) in [4.78, 5) is 36.2. The molecule has 2 amide bonds. The van der Waals surface area contributed by atoms with Gasteiger partial charge in [-0.3, -0.25) is 19.0 Å². The molecule has 3 rings (SSSR count).